The molecule has 7 nitrogen and oxygen atoms in total. The maximum Gasteiger partial charge on any atom is 0.247 e. The van der Waals surface area contributed by atoms with Gasteiger partial charge in [0, 0.05) is 20.1 Å². The first kappa shape index (κ1) is 22.7. The molecule has 1 fully saturated rings. The zero-order valence-electron chi connectivity index (χ0n) is 18.9. The van der Waals surface area contributed by atoms with Crippen molar-refractivity contribution in [2.45, 2.75) is 41.4 Å². The van der Waals surface area contributed by atoms with Gasteiger partial charge in [-0.3, -0.25) is 4.68 Å². The van der Waals surface area contributed by atoms with Gasteiger partial charge < -0.3 is 9.47 Å². The molecule has 162 valence electrons. The summed E-state index contributed by atoms with van der Waals surface area (Å²) in [7, 11) is 6.09. The average Bonchev–Trinajstić information content (AvgIpc) is 3.02. The molecule has 0 N–H and O–H groups in total. The number of benzene rings is 1. The highest BCUT2D eigenvalue weighted by Gasteiger charge is 2.45. The van der Waals surface area contributed by atoms with E-state index < -0.39 is 20.8 Å². The van der Waals surface area contributed by atoms with Crippen LogP contribution < -0.4 is 9.47 Å². The first-order chi connectivity index (χ1) is 14.3. The summed E-state index contributed by atoms with van der Waals surface area (Å²) in [6.07, 6.45) is 2.77. The minimum Gasteiger partial charge on any atom is -0.499 e. The van der Waals surface area contributed by atoms with Crippen molar-refractivity contribution in [1.82, 2.24) is 14.1 Å². The van der Waals surface area contributed by atoms with Gasteiger partial charge in [0.05, 0.1) is 17.0 Å². The summed E-state index contributed by atoms with van der Waals surface area (Å²) in [6.45, 7) is 2.94. The number of hydrogen-bond acceptors (Lipinski definition) is 5. The van der Waals surface area contributed by atoms with Crippen LogP contribution in [0.15, 0.2) is 23.2 Å². The van der Waals surface area contributed by atoms with Crippen LogP contribution in [0.5, 0.6) is 11.5 Å². The predicted molar refractivity (Wildman–Crippen MR) is 131 cm³/mol. The molecule has 1 saturated heterocycles. The SMILES string of the molecule is BC1(B)Oc2cc(C)c(C3CCN(S(=O)(=O)c4cnn(C)c4Cl)CC3)cc2OC1(B)B. The third-order valence-electron chi connectivity index (χ3n) is 6.86. The van der Waals surface area contributed by atoms with Crippen LogP contribution in [0.4, 0.5) is 0 Å². The molecule has 1 aromatic carbocycles. The number of aromatic nitrogens is 2. The number of aryl methyl sites for hydroxylation is 2. The van der Waals surface area contributed by atoms with E-state index in [1.165, 1.54) is 20.7 Å². The van der Waals surface area contributed by atoms with Crippen molar-refractivity contribution >= 4 is 53.0 Å². The molecule has 0 aliphatic carbocycles. The van der Waals surface area contributed by atoms with Crippen LogP contribution in [0.25, 0.3) is 0 Å². The molecule has 0 spiro atoms. The number of nitrogens with zero attached hydrogens (tertiary/aromatic N) is 3. The van der Waals surface area contributed by atoms with Crippen LogP contribution in [0, 0.1) is 6.92 Å². The predicted octanol–water partition coefficient (Wildman–Crippen LogP) is -1.44. The summed E-state index contributed by atoms with van der Waals surface area (Å²) in [6, 6.07) is 4.12. The van der Waals surface area contributed by atoms with Crippen LogP contribution in [-0.2, 0) is 17.1 Å². The van der Waals surface area contributed by atoms with Gasteiger partial charge in [0.25, 0.3) is 0 Å². The summed E-state index contributed by atoms with van der Waals surface area (Å²) in [4.78, 5) is 0.0653. The Morgan fingerprint density at radius 3 is 2.16 bits per heavy atom. The standard InChI is InChI=1S/C18H26B4ClN3O4S/c1-10-7-13-14(30-18(21,22)17(19,20)29-13)8-12(10)11-3-5-26(6-4-11)31(27,28)15-9-24-25(2)16(15)23/h7-9,11H,3-6,19-22H2,1-2H3. The summed E-state index contributed by atoms with van der Waals surface area (Å²) >= 11 is 6.14. The lowest BCUT2D eigenvalue weighted by Gasteiger charge is -2.47. The van der Waals surface area contributed by atoms with Gasteiger partial charge in [0.15, 0.2) is 11.5 Å². The summed E-state index contributed by atoms with van der Waals surface area (Å²) < 4.78 is 41.4. The molecule has 31 heavy (non-hydrogen) atoms. The Balaban J connectivity index is 1.54. The highest BCUT2D eigenvalue weighted by Crippen LogP contribution is 2.43. The zero-order chi connectivity index (χ0) is 22.8. The minimum absolute atomic E-state index is 0.0653. The number of ether oxygens (including phenoxy) is 2. The van der Waals surface area contributed by atoms with Crippen LogP contribution in [-0.4, -0.2) is 77.8 Å². The monoisotopic (exact) mass is 459 g/mol. The van der Waals surface area contributed by atoms with Gasteiger partial charge in [0.1, 0.15) is 41.4 Å². The van der Waals surface area contributed by atoms with Crippen molar-refractivity contribution < 1.29 is 17.9 Å². The Morgan fingerprint density at radius 2 is 1.65 bits per heavy atom. The van der Waals surface area contributed by atoms with Crippen molar-refractivity contribution in [2.24, 2.45) is 7.05 Å². The number of hydrogen-bond donors (Lipinski definition) is 0. The van der Waals surface area contributed by atoms with Gasteiger partial charge >= 0.3 is 0 Å². The van der Waals surface area contributed by atoms with Gasteiger partial charge in [-0.25, -0.2) is 8.42 Å². The average molecular weight is 459 g/mol. The van der Waals surface area contributed by atoms with Gasteiger partial charge in [-0.15, -0.1) is 0 Å². The van der Waals surface area contributed by atoms with Gasteiger partial charge in [-0.2, -0.15) is 9.40 Å². The molecule has 2 aliphatic rings. The van der Waals surface area contributed by atoms with Crippen LogP contribution in [0.1, 0.15) is 29.9 Å². The second-order valence-electron chi connectivity index (χ2n) is 9.48. The summed E-state index contributed by atoms with van der Waals surface area (Å²) in [5.41, 5.74) is 2.32. The highest BCUT2D eigenvalue weighted by molar-refractivity contribution is 7.89. The van der Waals surface area contributed by atoms with Crippen molar-refractivity contribution in [3.63, 3.8) is 0 Å². The van der Waals surface area contributed by atoms with Crippen molar-refractivity contribution in [1.29, 1.82) is 0 Å². The third-order valence-corrected chi connectivity index (χ3v) is 9.32. The molecule has 0 atom stereocenters. The van der Waals surface area contributed by atoms with Gasteiger partial charge in [0.2, 0.25) is 10.0 Å². The maximum atomic E-state index is 13.0. The van der Waals surface area contributed by atoms with E-state index in [4.69, 9.17) is 21.1 Å². The van der Waals surface area contributed by atoms with Crippen LogP contribution in [0.2, 0.25) is 5.15 Å². The van der Waals surface area contributed by atoms with E-state index in [1.54, 1.807) is 7.05 Å². The maximum absolute atomic E-state index is 13.0. The summed E-state index contributed by atoms with van der Waals surface area (Å²) in [5, 5.41) is 3.19. The Hall–Kier alpha value is -1.51. The van der Waals surface area contributed by atoms with E-state index in [0.717, 1.165) is 29.9 Å². The van der Waals surface area contributed by atoms with Crippen LogP contribution >= 0.6 is 11.6 Å². The van der Waals surface area contributed by atoms with E-state index in [0.29, 0.717) is 13.1 Å². The molecule has 13 heteroatoms. The molecule has 2 aromatic rings. The Labute approximate surface area is 192 Å². The van der Waals surface area contributed by atoms with Gasteiger partial charge in [-0.05, 0) is 48.9 Å². The van der Waals surface area contributed by atoms with E-state index in [-0.39, 0.29) is 16.0 Å². The fourth-order valence-corrected chi connectivity index (χ4v) is 6.07. The Bertz CT molecular complexity index is 1130. The molecule has 1 aromatic heterocycles. The van der Waals surface area contributed by atoms with Crippen molar-refractivity contribution in [3.8, 4) is 11.5 Å². The molecule has 2 aliphatic heterocycles. The second-order valence-corrected chi connectivity index (χ2v) is 11.7. The quantitative estimate of drug-likeness (QED) is 0.527. The molecular formula is C18H26B4ClN3O4S. The number of halogens is 1. The molecule has 0 saturated carbocycles. The number of fused-ring (bicyclic) bond motifs is 1. The number of piperidine rings is 1. The Morgan fingerprint density at radius 1 is 1.10 bits per heavy atom. The summed E-state index contributed by atoms with van der Waals surface area (Å²) in [5.74, 6) is 1.77. The first-order valence-electron chi connectivity index (χ1n) is 10.5. The zero-order valence-corrected chi connectivity index (χ0v) is 20.5. The number of sulfonamides is 1. The lowest BCUT2D eigenvalue weighted by molar-refractivity contribution is 0.0615. The van der Waals surface area contributed by atoms with E-state index in [1.807, 2.05) is 37.5 Å². The number of rotatable bonds is 3. The van der Waals surface area contributed by atoms with E-state index >= 15 is 0 Å². The fourth-order valence-electron chi connectivity index (χ4n) is 4.19. The van der Waals surface area contributed by atoms with Crippen molar-refractivity contribution in [2.75, 3.05) is 13.1 Å². The van der Waals surface area contributed by atoms with Gasteiger partial charge in [-0.1, -0.05) is 11.6 Å². The van der Waals surface area contributed by atoms with Crippen LogP contribution in [0.3, 0.4) is 0 Å². The topological polar surface area (TPSA) is 73.7 Å². The molecule has 0 radical (unpaired) electrons. The molecule has 4 rings (SSSR count). The molecule has 0 bridgehead atoms. The normalized spacial score (nSPS) is 21.1. The Kier molecular flexibility index (Phi) is 5.50. The fraction of sp³-hybridized carbons (Fsp3) is 0.500. The van der Waals surface area contributed by atoms with E-state index in [2.05, 4.69) is 18.1 Å². The largest absolute Gasteiger partial charge is 0.499 e. The first-order valence-corrected chi connectivity index (χ1v) is 12.4. The molecule has 0 unspecified atom stereocenters. The molecule has 3 heterocycles. The smallest absolute Gasteiger partial charge is 0.247 e. The minimum atomic E-state index is -3.66. The molecular weight excluding hydrogens is 433 g/mol. The van der Waals surface area contributed by atoms with E-state index in [9.17, 15) is 8.42 Å². The second kappa shape index (κ2) is 7.52. The molecule has 0 amide bonds. The highest BCUT2D eigenvalue weighted by atomic mass is 35.5. The lowest BCUT2D eigenvalue weighted by atomic mass is 9.41. The lowest BCUT2D eigenvalue weighted by Crippen LogP contribution is -2.65. The van der Waals surface area contributed by atoms with Crippen molar-refractivity contribution in [3.05, 3.63) is 34.6 Å². The third kappa shape index (κ3) is 3.80.